The van der Waals surface area contributed by atoms with Gasteiger partial charge in [-0.2, -0.15) is 0 Å². The molecular weight excluding hydrogens is 306 g/mol. The van der Waals surface area contributed by atoms with E-state index < -0.39 is 0 Å². The molecule has 1 fully saturated rings. The Kier molecular flexibility index (Phi) is 5.08. The molecule has 0 saturated carbocycles. The second-order valence-electron chi connectivity index (χ2n) is 6.20. The fraction of sp³-hybridized carbons (Fsp3) is 0.562. The summed E-state index contributed by atoms with van der Waals surface area (Å²) < 4.78 is 8.17. The van der Waals surface area contributed by atoms with Gasteiger partial charge in [0.05, 0.1) is 12.4 Å². The lowest BCUT2D eigenvalue weighted by Gasteiger charge is -2.20. The lowest BCUT2D eigenvalue weighted by molar-refractivity contribution is -0.00725. The molecule has 2 aromatic rings. The molecule has 1 saturated heterocycles. The minimum Gasteiger partial charge on any atom is -0.382 e. The highest BCUT2D eigenvalue weighted by molar-refractivity contribution is 5.81. The highest BCUT2D eigenvalue weighted by atomic mass is 16.5. The molecule has 8 nitrogen and oxygen atoms in total. The minimum absolute atomic E-state index is 0.0540. The van der Waals surface area contributed by atoms with Crippen molar-refractivity contribution in [2.45, 2.75) is 32.1 Å². The van der Waals surface area contributed by atoms with E-state index in [1.54, 1.807) is 6.33 Å². The highest BCUT2D eigenvalue weighted by Gasteiger charge is 2.28. The molecule has 3 rings (SSSR count). The Balaban J connectivity index is 1.67. The van der Waals surface area contributed by atoms with Crippen LogP contribution in [0.3, 0.4) is 0 Å². The summed E-state index contributed by atoms with van der Waals surface area (Å²) in [5, 5.41) is 0. The van der Waals surface area contributed by atoms with Crippen LogP contribution in [0.1, 0.15) is 24.9 Å². The molecule has 0 amide bonds. The van der Waals surface area contributed by atoms with Crippen LogP contribution in [0.4, 0.5) is 5.82 Å². The van der Waals surface area contributed by atoms with Gasteiger partial charge < -0.3 is 21.1 Å². The molecule has 4 N–H and O–H groups in total. The number of aromatic nitrogens is 4. The molecule has 0 radical (unpaired) electrons. The third-order valence-electron chi connectivity index (χ3n) is 4.19. The van der Waals surface area contributed by atoms with Crippen molar-refractivity contribution in [2.24, 2.45) is 5.73 Å². The summed E-state index contributed by atoms with van der Waals surface area (Å²) in [4.78, 5) is 15.2. The number of hydrogen-bond acceptors (Lipinski definition) is 7. The number of aryl methyl sites for hydroxylation is 1. The zero-order valence-corrected chi connectivity index (χ0v) is 14.2. The summed E-state index contributed by atoms with van der Waals surface area (Å²) >= 11 is 0. The number of ether oxygens (including phenoxy) is 1. The Labute approximate surface area is 141 Å². The molecule has 1 aliphatic heterocycles. The van der Waals surface area contributed by atoms with Gasteiger partial charge in [0.1, 0.15) is 17.6 Å². The predicted molar refractivity (Wildman–Crippen MR) is 93.3 cm³/mol. The average molecular weight is 331 g/mol. The smallest absolute Gasteiger partial charge is 0.167 e. The Morgan fingerprint density at radius 2 is 2.21 bits per heavy atom. The Hall–Kier alpha value is -2.03. The molecule has 2 aromatic heterocycles. The van der Waals surface area contributed by atoms with Gasteiger partial charge in [-0.05, 0) is 26.8 Å². The number of nitrogens with two attached hydrogens (primary N) is 2. The molecule has 2 atom stereocenters. The Morgan fingerprint density at radius 1 is 1.38 bits per heavy atom. The summed E-state index contributed by atoms with van der Waals surface area (Å²) in [5.74, 6) is 1.06. The maximum Gasteiger partial charge on any atom is 0.167 e. The maximum absolute atomic E-state index is 6.20. The van der Waals surface area contributed by atoms with Crippen LogP contribution in [-0.4, -0.2) is 57.2 Å². The molecule has 8 heteroatoms. The van der Waals surface area contributed by atoms with Crippen molar-refractivity contribution in [3.63, 3.8) is 0 Å². The van der Waals surface area contributed by atoms with Gasteiger partial charge >= 0.3 is 0 Å². The molecule has 24 heavy (non-hydrogen) atoms. The van der Waals surface area contributed by atoms with Gasteiger partial charge in [0.25, 0.3) is 0 Å². The molecular formula is C16H25N7O. The summed E-state index contributed by atoms with van der Waals surface area (Å²) in [7, 11) is 2.08. The molecule has 0 spiro atoms. The van der Waals surface area contributed by atoms with E-state index in [9.17, 15) is 0 Å². The first-order chi connectivity index (χ1) is 11.6. The molecule has 0 bridgehead atoms. The lowest BCUT2D eigenvalue weighted by Crippen LogP contribution is -2.29. The number of hydrogen-bond donors (Lipinski definition) is 2. The molecule has 0 aromatic carbocycles. The summed E-state index contributed by atoms with van der Waals surface area (Å²) in [5.41, 5.74) is 12.8. The highest BCUT2D eigenvalue weighted by Crippen LogP contribution is 2.31. The minimum atomic E-state index is -0.0540. The van der Waals surface area contributed by atoms with Crippen LogP contribution in [0.5, 0.6) is 0 Å². The van der Waals surface area contributed by atoms with E-state index in [2.05, 4.69) is 33.0 Å². The molecule has 0 aliphatic carbocycles. The van der Waals surface area contributed by atoms with Crippen LogP contribution in [0, 0.1) is 6.92 Å². The van der Waals surface area contributed by atoms with E-state index in [4.69, 9.17) is 16.2 Å². The van der Waals surface area contributed by atoms with Crippen LogP contribution in [0.2, 0.25) is 0 Å². The van der Waals surface area contributed by atoms with Crippen molar-refractivity contribution in [3.05, 3.63) is 24.3 Å². The van der Waals surface area contributed by atoms with E-state index in [-0.39, 0.29) is 12.3 Å². The quantitative estimate of drug-likeness (QED) is 0.755. The van der Waals surface area contributed by atoms with Crippen molar-refractivity contribution in [2.75, 3.05) is 32.4 Å². The van der Waals surface area contributed by atoms with E-state index in [1.165, 1.54) is 0 Å². The fourth-order valence-electron chi connectivity index (χ4n) is 3.06. The van der Waals surface area contributed by atoms with E-state index in [0.717, 1.165) is 31.6 Å². The molecule has 3 heterocycles. The largest absolute Gasteiger partial charge is 0.382 e. The first-order valence-electron chi connectivity index (χ1n) is 8.24. The number of anilines is 1. The summed E-state index contributed by atoms with van der Waals surface area (Å²) in [6, 6.07) is 0. The summed E-state index contributed by atoms with van der Waals surface area (Å²) in [6.07, 6.45) is 7.89. The number of likely N-dealkylation sites (N-methyl/N-ethyl adjacent to an activating group) is 1. The van der Waals surface area contributed by atoms with Gasteiger partial charge in [-0.1, -0.05) is 12.2 Å². The summed E-state index contributed by atoms with van der Waals surface area (Å²) in [6.45, 7) is 4.16. The normalized spacial score (nSPS) is 21.5. The topological polar surface area (TPSA) is 108 Å². The van der Waals surface area contributed by atoms with Crippen LogP contribution in [0.15, 0.2) is 18.5 Å². The van der Waals surface area contributed by atoms with Crippen molar-refractivity contribution in [3.8, 4) is 0 Å². The second-order valence-corrected chi connectivity index (χ2v) is 6.20. The Bertz CT molecular complexity index is 727. The number of nitrogens with zero attached hydrogens (tertiary/aromatic N) is 5. The SMILES string of the molecule is Cc1nc(N)c2ncn(C3CCC(CN(C)C/C=C\CN)O3)c2n1. The second kappa shape index (κ2) is 7.25. The van der Waals surface area contributed by atoms with Crippen molar-refractivity contribution < 1.29 is 4.74 Å². The molecule has 1 aliphatic rings. The maximum atomic E-state index is 6.20. The van der Waals surface area contributed by atoms with E-state index in [1.807, 2.05) is 17.6 Å². The lowest BCUT2D eigenvalue weighted by atomic mass is 10.2. The van der Waals surface area contributed by atoms with Crippen LogP contribution < -0.4 is 11.5 Å². The zero-order valence-electron chi connectivity index (χ0n) is 14.2. The molecule has 130 valence electrons. The molecule has 2 unspecified atom stereocenters. The third-order valence-corrected chi connectivity index (χ3v) is 4.19. The van der Waals surface area contributed by atoms with Gasteiger partial charge in [-0.25, -0.2) is 15.0 Å². The third kappa shape index (κ3) is 3.55. The number of nitrogen functional groups attached to an aromatic ring is 1. The van der Waals surface area contributed by atoms with Crippen molar-refractivity contribution >= 4 is 17.0 Å². The predicted octanol–water partition coefficient (Wildman–Crippen LogP) is 0.841. The number of rotatable bonds is 6. The monoisotopic (exact) mass is 331 g/mol. The standard InChI is InChI=1S/C16H25N7O/c1-11-20-15(18)14-16(21-11)23(10-19-14)13-6-5-12(24-13)9-22(2)8-4-3-7-17/h3-4,10,12-13H,5-9,17H2,1-2H3,(H2,18,20,21)/b4-3-. The van der Waals surface area contributed by atoms with Crippen LogP contribution in [0.25, 0.3) is 11.2 Å². The van der Waals surface area contributed by atoms with Gasteiger partial charge in [-0.3, -0.25) is 4.57 Å². The van der Waals surface area contributed by atoms with Crippen LogP contribution in [-0.2, 0) is 4.74 Å². The van der Waals surface area contributed by atoms with Gasteiger partial charge in [-0.15, -0.1) is 0 Å². The van der Waals surface area contributed by atoms with Gasteiger partial charge in [0, 0.05) is 19.6 Å². The van der Waals surface area contributed by atoms with Gasteiger partial charge in [0.15, 0.2) is 11.5 Å². The zero-order chi connectivity index (χ0) is 17.1. The first kappa shape index (κ1) is 16.8. The van der Waals surface area contributed by atoms with Crippen molar-refractivity contribution in [1.82, 2.24) is 24.4 Å². The number of fused-ring (bicyclic) bond motifs is 1. The number of imidazole rings is 1. The average Bonchev–Trinajstić information content (AvgIpc) is 3.14. The van der Waals surface area contributed by atoms with E-state index >= 15 is 0 Å². The fourth-order valence-corrected chi connectivity index (χ4v) is 3.06. The first-order valence-corrected chi connectivity index (χ1v) is 8.24. The van der Waals surface area contributed by atoms with Crippen molar-refractivity contribution in [1.29, 1.82) is 0 Å². The van der Waals surface area contributed by atoms with Gasteiger partial charge in [0.2, 0.25) is 0 Å². The Morgan fingerprint density at radius 3 is 3.00 bits per heavy atom. The van der Waals surface area contributed by atoms with E-state index in [0.29, 0.717) is 23.7 Å². The van der Waals surface area contributed by atoms with Crippen LogP contribution >= 0.6 is 0 Å².